The molecular formula is C13H19N3O3S2. The molecule has 0 saturated carbocycles. The van der Waals surface area contributed by atoms with Crippen molar-refractivity contribution in [3.05, 3.63) is 29.3 Å². The minimum atomic E-state index is -3.70. The fraction of sp³-hybridized carbons (Fsp3) is 0.385. The summed E-state index contributed by atoms with van der Waals surface area (Å²) in [7, 11) is -0.469. The van der Waals surface area contributed by atoms with Crippen molar-refractivity contribution >= 4 is 33.1 Å². The number of benzene rings is 1. The molecule has 0 saturated heterocycles. The zero-order valence-corrected chi connectivity index (χ0v) is 13.8. The fourth-order valence-corrected chi connectivity index (χ4v) is 3.06. The maximum absolute atomic E-state index is 12.3. The van der Waals surface area contributed by atoms with Crippen molar-refractivity contribution in [2.75, 3.05) is 20.6 Å². The van der Waals surface area contributed by atoms with Gasteiger partial charge in [0.15, 0.2) is 0 Å². The summed E-state index contributed by atoms with van der Waals surface area (Å²) in [6.07, 6.45) is 0.0975. The second kappa shape index (κ2) is 6.97. The highest BCUT2D eigenvalue weighted by Crippen LogP contribution is 2.17. The number of hydrogen-bond acceptors (Lipinski definition) is 4. The molecule has 0 aliphatic rings. The number of thiocarbonyl (C=S) groups is 1. The molecule has 1 aromatic rings. The summed E-state index contributed by atoms with van der Waals surface area (Å²) in [4.78, 5) is 13.1. The van der Waals surface area contributed by atoms with Crippen molar-refractivity contribution < 1.29 is 13.2 Å². The van der Waals surface area contributed by atoms with Crippen LogP contribution in [0.15, 0.2) is 23.1 Å². The van der Waals surface area contributed by atoms with E-state index in [1.807, 2.05) is 0 Å². The summed E-state index contributed by atoms with van der Waals surface area (Å²) in [6, 6.07) is 4.76. The van der Waals surface area contributed by atoms with E-state index >= 15 is 0 Å². The molecule has 1 rings (SSSR count). The molecule has 0 fully saturated rings. The van der Waals surface area contributed by atoms with E-state index in [9.17, 15) is 13.2 Å². The molecular weight excluding hydrogens is 310 g/mol. The number of nitrogens with two attached hydrogens (primary N) is 1. The Labute approximate surface area is 130 Å². The van der Waals surface area contributed by atoms with E-state index < -0.39 is 10.0 Å². The molecule has 0 aliphatic carbocycles. The Morgan fingerprint density at radius 1 is 1.38 bits per heavy atom. The minimum Gasteiger partial charge on any atom is -0.389 e. The molecule has 1 aromatic carbocycles. The second-order valence-corrected chi connectivity index (χ2v) is 6.96. The Hall–Kier alpha value is -1.51. The van der Waals surface area contributed by atoms with Gasteiger partial charge in [0.1, 0.15) is 4.99 Å². The van der Waals surface area contributed by atoms with Gasteiger partial charge in [-0.15, -0.1) is 0 Å². The van der Waals surface area contributed by atoms with E-state index in [2.05, 4.69) is 4.72 Å². The highest BCUT2D eigenvalue weighted by Gasteiger charge is 2.18. The normalized spacial score (nSPS) is 11.2. The maximum atomic E-state index is 12.3. The molecule has 1 amide bonds. The lowest BCUT2D eigenvalue weighted by Gasteiger charge is -2.12. The molecule has 0 aromatic heterocycles. The van der Waals surface area contributed by atoms with Crippen molar-refractivity contribution in [1.29, 1.82) is 0 Å². The first-order chi connectivity index (χ1) is 9.65. The van der Waals surface area contributed by atoms with Crippen LogP contribution in [0.25, 0.3) is 0 Å². The van der Waals surface area contributed by atoms with E-state index in [-0.39, 0.29) is 28.8 Å². The minimum absolute atomic E-state index is 0.0378. The van der Waals surface area contributed by atoms with Gasteiger partial charge >= 0.3 is 0 Å². The van der Waals surface area contributed by atoms with Gasteiger partial charge in [-0.25, -0.2) is 13.1 Å². The molecule has 3 N–H and O–H groups in total. The number of aryl methyl sites for hydroxylation is 1. The van der Waals surface area contributed by atoms with Crippen molar-refractivity contribution in [3.63, 3.8) is 0 Å². The lowest BCUT2D eigenvalue weighted by atomic mass is 10.1. The van der Waals surface area contributed by atoms with Gasteiger partial charge < -0.3 is 10.6 Å². The molecule has 0 aliphatic heterocycles. The highest BCUT2D eigenvalue weighted by atomic mass is 32.2. The predicted octanol–water partition coefficient (Wildman–Crippen LogP) is 0.386. The Balaban J connectivity index is 2.90. The van der Waals surface area contributed by atoms with Gasteiger partial charge in [0.05, 0.1) is 4.90 Å². The van der Waals surface area contributed by atoms with Crippen LogP contribution in [-0.4, -0.2) is 44.9 Å². The standard InChI is InChI=1S/C13H19N3O3S2/c1-9-4-5-10(13(14)20)8-11(9)21(18,19)15-7-6-12(17)16(2)3/h4-5,8,15H,6-7H2,1-3H3,(H2,14,20). The SMILES string of the molecule is Cc1ccc(C(N)=S)cc1S(=O)(=O)NCCC(=O)N(C)C. The summed E-state index contributed by atoms with van der Waals surface area (Å²) in [5.74, 6) is -0.147. The largest absolute Gasteiger partial charge is 0.389 e. The topological polar surface area (TPSA) is 92.5 Å². The van der Waals surface area contributed by atoms with Crippen LogP contribution in [0, 0.1) is 6.92 Å². The molecule has 0 radical (unpaired) electrons. The van der Waals surface area contributed by atoms with Crippen LogP contribution < -0.4 is 10.5 Å². The number of nitrogens with one attached hydrogen (secondary N) is 1. The Bertz CT molecular complexity index is 655. The predicted molar refractivity (Wildman–Crippen MR) is 85.6 cm³/mol. The number of hydrogen-bond donors (Lipinski definition) is 2. The van der Waals surface area contributed by atoms with E-state index in [1.54, 1.807) is 33.2 Å². The number of sulfonamides is 1. The lowest BCUT2D eigenvalue weighted by Crippen LogP contribution is -2.30. The first-order valence-corrected chi connectivity index (χ1v) is 8.14. The van der Waals surface area contributed by atoms with Gasteiger partial charge in [0.2, 0.25) is 15.9 Å². The van der Waals surface area contributed by atoms with Crippen LogP contribution in [0.4, 0.5) is 0 Å². The molecule has 6 nitrogen and oxygen atoms in total. The van der Waals surface area contributed by atoms with Crippen LogP contribution in [0.3, 0.4) is 0 Å². The molecule has 21 heavy (non-hydrogen) atoms. The van der Waals surface area contributed by atoms with Crippen molar-refractivity contribution in [2.45, 2.75) is 18.2 Å². The number of amides is 1. The van der Waals surface area contributed by atoms with E-state index in [4.69, 9.17) is 18.0 Å². The third-order valence-electron chi connectivity index (χ3n) is 2.89. The number of carbonyl (C=O) groups is 1. The summed E-state index contributed by atoms with van der Waals surface area (Å²) < 4.78 is 26.9. The van der Waals surface area contributed by atoms with Gasteiger partial charge in [0.25, 0.3) is 0 Å². The third kappa shape index (κ3) is 4.76. The number of carbonyl (C=O) groups excluding carboxylic acids is 1. The molecule has 116 valence electrons. The lowest BCUT2D eigenvalue weighted by molar-refractivity contribution is -0.128. The van der Waals surface area contributed by atoms with E-state index in [0.29, 0.717) is 11.1 Å². The van der Waals surface area contributed by atoms with Crippen LogP contribution in [0.2, 0.25) is 0 Å². The average molecular weight is 329 g/mol. The Morgan fingerprint density at radius 2 is 2.00 bits per heavy atom. The first-order valence-electron chi connectivity index (χ1n) is 6.25. The van der Waals surface area contributed by atoms with Crippen LogP contribution in [0.1, 0.15) is 17.5 Å². The smallest absolute Gasteiger partial charge is 0.240 e. The van der Waals surface area contributed by atoms with Crippen molar-refractivity contribution in [1.82, 2.24) is 9.62 Å². The van der Waals surface area contributed by atoms with Gasteiger partial charge in [-0.1, -0.05) is 24.4 Å². The Morgan fingerprint density at radius 3 is 2.52 bits per heavy atom. The highest BCUT2D eigenvalue weighted by molar-refractivity contribution is 7.89. The Kier molecular flexibility index (Phi) is 5.82. The van der Waals surface area contributed by atoms with Gasteiger partial charge in [-0.2, -0.15) is 0 Å². The van der Waals surface area contributed by atoms with Gasteiger partial charge in [-0.05, 0) is 18.6 Å². The van der Waals surface area contributed by atoms with Crippen molar-refractivity contribution in [3.8, 4) is 0 Å². The van der Waals surface area contributed by atoms with E-state index in [0.717, 1.165) is 0 Å². The van der Waals surface area contributed by atoms with Gasteiger partial charge in [0, 0.05) is 32.6 Å². The average Bonchev–Trinajstić information content (AvgIpc) is 2.38. The zero-order valence-electron chi connectivity index (χ0n) is 12.2. The molecule has 0 atom stereocenters. The maximum Gasteiger partial charge on any atom is 0.240 e. The molecule has 0 spiro atoms. The number of rotatable bonds is 6. The summed E-state index contributed by atoms with van der Waals surface area (Å²) in [5, 5.41) is 0. The van der Waals surface area contributed by atoms with E-state index in [1.165, 1.54) is 11.0 Å². The van der Waals surface area contributed by atoms with Crippen molar-refractivity contribution in [2.24, 2.45) is 5.73 Å². The monoisotopic (exact) mass is 329 g/mol. The summed E-state index contributed by atoms with van der Waals surface area (Å²) in [5.41, 5.74) is 6.59. The third-order valence-corrected chi connectivity index (χ3v) is 4.73. The zero-order chi connectivity index (χ0) is 16.2. The summed E-state index contributed by atoms with van der Waals surface area (Å²) in [6.45, 7) is 1.72. The fourth-order valence-electron chi connectivity index (χ4n) is 1.64. The van der Waals surface area contributed by atoms with Crippen LogP contribution >= 0.6 is 12.2 Å². The van der Waals surface area contributed by atoms with Crippen LogP contribution in [-0.2, 0) is 14.8 Å². The second-order valence-electron chi connectivity index (χ2n) is 4.78. The quantitative estimate of drug-likeness (QED) is 0.736. The molecule has 0 unspecified atom stereocenters. The number of nitrogens with zero attached hydrogens (tertiary/aromatic N) is 1. The molecule has 8 heteroatoms. The summed E-state index contributed by atoms with van der Waals surface area (Å²) >= 11 is 4.85. The molecule has 0 bridgehead atoms. The van der Waals surface area contributed by atoms with Gasteiger partial charge in [-0.3, -0.25) is 4.79 Å². The molecule has 0 heterocycles. The van der Waals surface area contributed by atoms with Crippen LogP contribution in [0.5, 0.6) is 0 Å². The first kappa shape index (κ1) is 17.5.